The average molecular weight is 383 g/mol. The molecule has 1 aromatic heterocycles. The van der Waals surface area contributed by atoms with Gasteiger partial charge in [-0.05, 0) is 56.0 Å². The number of fused-ring (bicyclic) bond motifs is 1. The van der Waals surface area contributed by atoms with E-state index in [1.165, 1.54) is 12.1 Å². The van der Waals surface area contributed by atoms with Crippen molar-refractivity contribution in [1.29, 1.82) is 0 Å². The lowest BCUT2D eigenvalue weighted by Gasteiger charge is -2.40. The maximum atomic E-state index is 13.4. The number of hydrogen-bond donors (Lipinski definition) is 1. The van der Waals surface area contributed by atoms with Crippen molar-refractivity contribution in [1.82, 2.24) is 19.7 Å². The molecule has 1 fully saturated rings. The van der Waals surface area contributed by atoms with Crippen molar-refractivity contribution in [2.45, 2.75) is 44.1 Å². The second-order valence-corrected chi connectivity index (χ2v) is 7.31. The van der Waals surface area contributed by atoms with Crippen LogP contribution in [0.2, 0.25) is 0 Å². The summed E-state index contributed by atoms with van der Waals surface area (Å²) in [6, 6.07) is 4.54. The number of piperidine rings is 1. The second-order valence-electron chi connectivity index (χ2n) is 7.31. The van der Waals surface area contributed by atoms with Gasteiger partial charge in [-0.25, -0.2) is 9.07 Å². The second kappa shape index (κ2) is 7.10. The Hall–Kier alpha value is -2.16. The van der Waals surface area contributed by atoms with E-state index in [1.54, 1.807) is 12.1 Å². The summed E-state index contributed by atoms with van der Waals surface area (Å²) in [5, 5.41) is 6.89. The highest BCUT2D eigenvalue weighted by molar-refractivity contribution is 5.30. The lowest BCUT2D eigenvalue weighted by atomic mass is 9.85. The Morgan fingerprint density at radius 3 is 2.48 bits per heavy atom. The van der Waals surface area contributed by atoms with Crippen molar-refractivity contribution in [2.75, 3.05) is 18.4 Å². The summed E-state index contributed by atoms with van der Waals surface area (Å²) in [7, 11) is 0. The summed E-state index contributed by atoms with van der Waals surface area (Å²) in [6.45, 7) is 2.35. The Morgan fingerprint density at radius 1 is 1.11 bits per heavy atom. The number of nitrogens with one attached hydrogen (secondary N) is 1. The smallest absolute Gasteiger partial charge is 0.351 e. The third-order valence-corrected chi connectivity index (χ3v) is 5.56. The van der Waals surface area contributed by atoms with Crippen molar-refractivity contribution >= 4 is 5.95 Å². The van der Waals surface area contributed by atoms with Gasteiger partial charge in [-0.1, -0.05) is 12.1 Å². The number of aromatic nitrogens is 3. The van der Waals surface area contributed by atoms with E-state index in [0.29, 0.717) is 0 Å². The van der Waals surface area contributed by atoms with Gasteiger partial charge in [0.25, 0.3) is 0 Å². The molecule has 4 rings (SSSR count). The van der Waals surface area contributed by atoms with E-state index in [-0.39, 0.29) is 30.1 Å². The van der Waals surface area contributed by atoms with Crippen molar-refractivity contribution in [3.63, 3.8) is 0 Å². The van der Waals surface area contributed by atoms with E-state index in [9.17, 15) is 17.6 Å². The number of anilines is 1. The first-order chi connectivity index (χ1) is 12.9. The minimum absolute atomic E-state index is 0.0253. The Balaban J connectivity index is 1.38. The largest absolute Gasteiger partial charge is 0.411 e. The van der Waals surface area contributed by atoms with Gasteiger partial charge in [0.2, 0.25) is 5.95 Å². The van der Waals surface area contributed by atoms with Crippen LogP contribution in [0.25, 0.3) is 0 Å². The SMILES string of the molecule is Fc1ccc(CN2CCC([C@@H]3C[C@H](C(F)(F)F)n4ncnc4N3)CC2)cc1. The average Bonchev–Trinajstić information content (AvgIpc) is 3.11. The number of benzene rings is 1. The Kier molecular flexibility index (Phi) is 4.79. The molecule has 3 heterocycles. The molecule has 0 bridgehead atoms. The van der Waals surface area contributed by atoms with Crippen molar-refractivity contribution in [3.05, 3.63) is 42.0 Å². The van der Waals surface area contributed by atoms with Crippen LogP contribution in [0.15, 0.2) is 30.6 Å². The van der Waals surface area contributed by atoms with Crippen LogP contribution >= 0.6 is 0 Å². The number of halogens is 4. The van der Waals surface area contributed by atoms with E-state index in [2.05, 4.69) is 20.3 Å². The molecule has 2 aliphatic rings. The van der Waals surface area contributed by atoms with E-state index in [1.807, 2.05) is 0 Å². The molecule has 1 saturated heterocycles. The Labute approximate surface area is 154 Å². The van der Waals surface area contributed by atoms with Crippen LogP contribution in [-0.2, 0) is 6.54 Å². The van der Waals surface area contributed by atoms with Crippen molar-refractivity contribution in [2.24, 2.45) is 5.92 Å². The zero-order chi connectivity index (χ0) is 19.0. The van der Waals surface area contributed by atoms with Crippen molar-refractivity contribution < 1.29 is 17.6 Å². The maximum absolute atomic E-state index is 13.4. The predicted octanol–water partition coefficient (Wildman–Crippen LogP) is 3.62. The minimum Gasteiger partial charge on any atom is -0.351 e. The molecule has 2 atom stereocenters. The fourth-order valence-electron chi connectivity index (χ4n) is 4.09. The van der Waals surface area contributed by atoms with Gasteiger partial charge in [0.05, 0.1) is 0 Å². The number of alkyl halides is 3. The van der Waals surface area contributed by atoms with Crippen LogP contribution in [0.5, 0.6) is 0 Å². The topological polar surface area (TPSA) is 46.0 Å². The molecule has 2 aromatic rings. The molecule has 27 heavy (non-hydrogen) atoms. The summed E-state index contributed by atoms with van der Waals surface area (Å²) in [5.74, 6) is 0.0972. The van der Waals surface area contributed by atoms with Crippen LogP contribution in [-0.4, -0.2) is 45.0 Å². The summed E-state index contributed by atoms with van der Waals surface area (Å²) in [6.07, 6.45) is -1.57. The first-order valence-corrected chi connectivity index (χ1v) is 9.10. The maximum Gasteiger partial charge on any atom is 0.411 e. The van der Waals surface area contributed by atoms with Gasteiger partial charge in [-0.15, -0.1) is 0 Å². The molecule has 0 amide bonds. The number of hydrogen-bond acceptors (Lipinski definition) is 4. The first-order valence-electron chi connectivity index (χ1n) is 9.10. The van der Waals surface area contributed by atoms with Crippen LogP contribution in [0.4, 0.5) is 23.5 Å². The predicted molar refractivity (Wildman–Crippen MR) is 91.5 cm³/mol. The number of likely N-dealkylation sites (tertiary alicyclic amines) is 1. The van der Waals surface area contributed by atoms with Gasteiger partial charge in [-0.3, -0.25) is 4.90 Å². The number of nitrogens with zero attached hydrogens (tertiary/aromatic N) is 4. The van der Waals surface area contributed by atoms with Crippen molar-refractivity contribution in [3.8, 4) is 0 Å². The molecule has 0 saturated carbocycles. The number of rotatable bonds is 3. The van der Waals surface area contributed by atoms with Gasteiger partial charge >= 0.3 is 6.18 Å². The van der Waals surface area contributed by atoms with Gasteiger partial charge < -0.3 is 5.32 Å². The van der Waals surface area contributed by atoms with E-state index >= 15 is 0 Å². The molecule has 0 spiro atoms. The first kappa shape index (κ1) is 18.2. The molecule has 1 aromatic carbocycles. The summed E-state index contributed by atoms with van der Waals surface area (Å²) < 4.78 is 54.2. The summed E-state index contributed by atoms with van der Waals surface area (Å²) >= 11 is 0. The third kappa shape index (κ3) is 3.92. The quantitative estimate of drug-likeness (QED) is 0.823. The highest BCUT2D eigenvalue weighted by atomic mass is 19.4. The molecule has 5 nitrogen and oxygen atoms in total. The van der Waals surface area contributed by atoms with Crippen LogP contribution < -0.4 is 5.32 Å². The van der Waals surface area contributed by atoms with Crippen LogP contribution in [0.1, 0.15) is 30.9 Å². The third-order valence-electron chi connectivity index (χ3n) is 5.56. The van der Waals surface area contributed by atoms with E-state index < -0.39 is 12.2 Å². The molecule has 0 unspecified atom stereocenters. The van der Waals surface area contributed by atoms with Gasteiger partial charge in [0.15, 0.2) is 6.04 Å². The summed E-state index contributed by atoms with van der Waals surface area (Å²) in [5.41, 5.74) is 1.04. The highest BCUT2D eigenvalue weighted by Gasteiger charge is 2.47. The van der Waals surface area contributed by atoms with Gasteiger partial charge in [0, 0.05) is 12.6 Å². The standard InChI is InChI=1S/C18H21F4N5/c19-14-3-1-12(2-4-14)10-26-7-5-13(6-8-26)15-9-16(18(20,21)22)27-17(25-15)23-11-24-27/h1-4,11,13,15-16H,5-10H2,(H,23,24,25)/t15-,16+/m0/s1. The Morgan fingerprint density at radius 2 is 1.81 bits per heavy atom. The Bertz CT molecular complexity index is 765. The van der Waals surface area contributed by atoms with Gasteiger partial charge in [-0.2, -0.15) is 23.3 Å². The molecule has 2 aliphatic heterocycles. The lowest BCUT2D eigenvalue weighted by Crippen LogP contribution is -2.46. The van der Waals surface area contributed by atoms with E-state index in [0.717, 1.165) is 49.0 Å². The zero-order valence-corrected chi connectivity index (χ0v) is 14.7. The molecule has 9 heteroatoms. The van der Waals surface area contributed by atoms with Crippen LogP contribution in [0.3, 0.4) is 0 Å². The van der Waals surface area contributed by atoms with Crippen LogP contribution in [0, 0.1) is 11.7 Å². The fraction of sp³-hybridized carbons (Fsp3) is 0.556. The molecule has 0 aliphatic carbocycles. The normalized spacial score (nSPS) is 24.4. The summed E-state index contributed by atoms with van der Waals surface area (Å²) in [4.78, 5) is 6.20. The molecule has 146 valence electrons. The molecule has 0 radical (unpaired) electrons. The van der Waals surface area contributed by atoms with Gasteiger partial charge in [0.1, 0.15) is 12.1 Å². The fourth-order valence-corrected chi connectivity index (χ4v) is 4.09. The molecule has 1 N–H and O–H groups in total. The lowest BCUT2D eigenvalue weighted by molar-refractivity contribution is -0.174. The molecular formula is C18H21F4N5. The molecular weight excluding hydrogens is 362 g/mol. The zero-order valence-electron chi connectivity index (χ0n) is 14.7. The monoisotopic (exact) mass is 383 g/mol. The van der Waals surface area contributed by atoms with E-state index in [4.69, 9.17) is 0 Å². The highest BCUT2D eigenvalue weighted by Crippen LogP contribution is 2.41. The minimum atomic E-state index is -4.34.